The molecule has 0 spiro atoms. The first-order valence-electron chi connectivity index (χ1n) is 23.2. The van der Waals surface area contributed by atoms with E-state index in [2.05, 4.69) is 72.3 Å². The summed E-state index contributed by atoms with van der Waals surface area (Å²) in [5.74, 6) is -1.09. The predicted molar refractivity (Wildman–Crippen MR) is 254 cm³/mol. The molecule has 0 saturated carbocycles. The number of thiazole rings is 1. The number of carbonyl (C=O) groups excluding carboxylic acids is 4. The Kier molecular flexibility index (Phi) is 14.8. The van der Waals surface area contributed by atoms with Crippen molar-refractivity contribution in [3.8, 4) is 22.5 Å². The molecule has 7 rings (SSSR count). The Hall–Kier alpha value is -4.74. The Balaban J connectivity index is 1.28. The predicted octanol–water partition coefficient (Wildman–Crippen LogP) is 6.35. The third-order valence-corrected chi connectivity index (χ3v) is 14.5. The number of aryl methyl sites for hydroxylation is 1. The van der Waals surface area contributed by atoms with Gasteiger partial charge in [-0.25, -0.2) is 15.2 Å². The highest BCUT2D eigenvalue weighted by atomic mass is 32.1. The standard InChI is InChI=1S/C49H69N9O6S/c1-11-57-40-18-17-33-23-36(40)37(44(57)35-16-12-20-50-42(35)32(4)63-10)25-48(5,6)29-64-30-49(28-59)19-14-22-58(53-49)46(61)38(24-41-51-39(33)27-65-41)52-45(60)43(31(2)3)56(9)47(62)55(8)26-34-15-13-21-54(34)7/h12,16-18,20,23,27-28,31-32,34,38,43,53H,11,13-15,19,21-22,24-26,29-30H2,1-10H3,(H,52,60)/t32-,34+,38-,43-,49-/m0/s1. The lowest BCUT2D eigenvalue weighted by molar-refractivity contribution is -0.147. The number of amides is 4. The summed E-state index contributed by atoms with van der Waals surface area (Å²) < 4.78 is 14.7. The van der Waals surface area contributed by atoms with Crippen LogP contribution in [0.1, 0.15) is 89.6 Å². The average molecular weight is 912 g/mol. The van der Waals surface area contributed by atoms with Crippen molar-refractivity contribution in [1.82, 2.24) is 45.0 Å². The van der Waals surface area contributed by atoms with Gasteiger partial charge in [-0.1, -0.05) is 33.8 Å². The van der Waals surface area contributed by atoms with Crippen molar-refractivity contribution in [1.29, 1.82) is 0 Å². The van der Waals surface area contributed by atoms with Crippen LogP contribution in [0.2, 0.25) is 0 Å². The first kappa shape index (κ1) is 48.2. The minimum absolute atomic E-state index is 0.0505. The number of hydrazine groups is 1. The monoisotopic (exact) mass is 912 g/mol. The number of nitrogens with one attached hydrogen (secondary N) is 2. The zero-order valence-electron chi connectivity index (χ0n) is 40.0. The number of fused-ring (bicyclic) bond motifs is 6. The number of nitrogens with zero attached hydrogens (tertiary/aromatic N) is 7. The first-order valence-corrected chi connectivity index (χ1v) is 24.1. The smallest absolute Gasteiger partial charge is 0.320 e. The van der Waals surface area contributed by atoms with Crippen LogP contribution in [0.25, 0.3) is 33.4 Å². The maximum absolute atomic E-state index is 14.8. The number of likely N-dealkylation sites (tertiary alicyclic amines) is 1. The molecule has 0 radical (unpaired) electrons. The third kappa shape index (κ3) is 10.2. The Morgan fingerprint density at radius 2 is 1.92 bits per heavy atom. The highest BCUT2D eigenvalue weighted by Crippen LogP contribution is 2.42. The van der Waals surface area contributed by atoms with Crippen molar-refractivity contribution in [2.75, 3.05) is 61.1 Å². The number of urea groups is 1. The molecule has 5 atom stereocenters. The number of benzene rings is 1. The molecule has 3 aliphatic heterocycles. The van der Waals surface area contributed by atoms with Crippen molar-refractivity contribution < 1.29 is 28.7 Å². The van der Waals surface area contributed by atoms with Crippen molar-refractivity contribution >= 4 is 46.4 Å². The SMILES string of the molecule is CCn1c(-c2cccnc2[C@H](C)OC)c2c3cc(ccc31)-c1csc(n1)C[C@H](NC(=O)[C@H](C(C)C)N(C)C(=O)N(C)C[C@H]1CCCN1C)C(=O)N1CCC[C@](C=O)(COCC(C)(C)C2)N1. The minimum Gasteiger partial charge on any atom is -0.378 e. The van der Waals surface area contributed by atoms with E-state index in [4.69, 9.17) is 19.4 Å². The number of aldehydes is 1. The second kappa shape index (κ2) is 20.0. The summed E-state index contributed by atoms with van der Waals surface area (Å²) in [7, 11) is 7.21. The van der Waals surface area contributed by atoms with Gasteiger partial charge in [-0.2, -0.15) is 0 Å². The minimum atomic E-state index is -1.16. The van der Waals surface area contributed by atoms with Gasteiger partial charge < -0.3 is 38.9 Å². The highest BCUT2D eigenvalue weighted by molar-refractivity contribution is 7.10. The van der Waals surface area contributed by atoms with E-state index in [1.54, 1.807) is 26.1 Å². The van der Waals surface area contributed by atoms with Gasteiger partial charge in [0.25, 0.3) is 5.91 Å². The molecular weight excluding hydrogens is 843 g/mol. The number of aromatic nitrogens is 3. The maximum Gasteiger partial charge on any atom is 0.320 e. The fraction of sp³-hybridized carbons (Fsp3) is 0.592. The van der Waals surface area contributed by atoms with Crippen LogP contribution in [0.4, 0.5) is 4.79 Å². The number of hydrogen-bond acceptors (Lipinski definition) is 11. The van der Waals surface area contributed by atoms with Crippen LogP contribution in [0.15, 0.2) is 41.9 Å². The van der Waals surface area contributed by atoms with Gasteiger partial charge in [-0.05, 0) is 101 Å². The van der Waals surface area contributed by atoms with Crippen LogP contribution in [-0.2, 0) is 43.2 Å². The Morgan fingerprint density at radius 3 is 2.62 bits per heavy atom. The Labute approximate surface area is 388 Å². The molecule has 65 heavy (non-hydrogen) atoms. The maximum atomic E-state index is 14.8. The molecule has 6 heterocycles. The van der Waals surface area contributed by atoms with Gasteiger partial charge in [0.15, 0.2) is 0 Å². The number of rotatable bonds is 11. The molecule has 15 nitrogen and oxygen atoms in total. The number of pyridine rings is 1. The van der Waals surface area contributed by atoms with Crippen molar-refractivity contribution in [3.63, 3.8) is 0 Å². The summed E-state index contributed by atoms with van der Waals surface area (Å²) in [6.07, 6.45) is 6.31. The molecule has 2 N–H and O–H groups in total. The average Bonchev–Trinajstić information content (AvgIpc) is 4.01. The van der Waals surface area contributed by atoms with E-state index in [1.165, 1.54) is 21.2 Å². The van der Waals surface area contributed by atoms with E-state index in [9.17, 15) is 19.2 Å². The van der Waals surface area contributed by atoms with Gasteiger partial charge in [0.2, 0.25) is 5.91 Å². The van der Waals surface area contributed by atoms with Gasteiger partial charge in [-0.15, -0.1) is 11.3 Å². The second-order valence-electron chi connectivity index (χ2n) is 19.6. The van der Waals surface area contributed by atoms with Crippen LogP contribution in [0.5, 0.6) is 0 Å². The van der Waals surface area contributed by atoms with Crippen molar-refractivity contribution in [2.24, 2.45) is 11.3 Å². The van der Waals surface area contributed by atoms with Gasteiger partial charge >= 0.3 is 6.03 Å². The fourth-order valence-corrected chi connectivity index (χ4v) is 10.9. The number of ether oxygens (including phenoxy) is 2. The number of methoxy groups -OCH3 is 1. The molecule has 2 fully saturated rings. The third-order valence-electron chi connectivity index (χ3n) is 13.6. The Bertz CT molecular complexity index is 2360. The van der Waals surface area contributed by atoms with Gasteiger partial charge in [-0.3, -0.25) is 19.6 Å². The van der Waals surface area contributed by atoms with Crippen LogP contribution in [0, 0.1) is 11.3 Å². The van der Waals surface area contributed by atoms with Crippen LogP contribution < -0.4 is 10.7 Å². The molecule has 0 unspecified atom stereocenters. The van der Waals surface area contributed by atoms with E-state index < -0.39 is 34.9 Å². The summed E-state index contributed by atoms with van der Waals surface area (Å²) >= 11 is 1.43. The van der Waals surface area contributed by atoms with E-state index >= 15 is 0 Å². The van der Waals surface area contributed by atoms with Gasteiger partial charge in [0, 0.05) is 86.9 Å². The summed E-state index contributed by atoms with van der Waals surface area (Å²) in [6, 6.07) is 8.64. The highest BCUT2D eigenvalue weighted by Gasteiger charge is 2.42. The van der Waals surface area contributed by atoms with Crippen LogP contribution >= 0.6 is 11.3 Å². The molecule has 16 heteroatoms. The van der Waals surface area contributed by atoms with Crippen molar-refractivity contribution in [3.05, 3.63) is 58.2 Å². The fourth-order valence-electron chi connectivity index (χ4n) is 10.1. The number of carbonyl (C=O) groups is 4. The Morgan fingerprint density at radius 1 is 1.14 bits per heavy atom. The van der Waals surface area contributed by atoms with Gasteiger partial charge in [0.1, 0.15) is 23.9 Å². The summed E-state index contributed by atoms with van der Waals surface area (Å²) in [5.41, 5.74) is 8.59. The molecular formula is C49H69N9O6S. The lowest BCUT2D eigenvalue weighted by Crippen LogP contribution is -2.66. The molecule has 3 aromatic heterocycles. The number of likely N-dealkylation sites (N-methyl/N-ethyl adjacent to an activating group) is 3. The van der Waals surface area contributed by atoms with Crippen molar-refractivity contribution in [2.45, 2.75) is 116 Å². The molecule has 352 valence electrons. The molecule has 1 aromatic carbocycles. The largest absolute Gasteiger partial charge is 0.378 e. The van der Waals surface area contributed by atoms with E-state index in [0.29, 0.717) is 44.0 Å². The molecule has 2 saturated heterocycles. The lowest BCUT2D eigenvalue weighted by Gasteiger charge is -2.42. The second-order valence-corrected chi connectivity index (χ2v) is 20.5. The zero-order valence-corrected chi connectivity index (χ0v) is 40.8. The lowest BCUT2D eigenvalue weighted by atomic mass is 9.84. The van der Waals surface area contributed by atoms with E-state index in [-0.39, 0.29) is 37.1 Å². The zero-order chi connectivity index (χ0) is 46.8. The summed E-state index contributed by atoms with van der Waals surface area (Å²) in [5, 5.41) is 8.30. The molecule has 4 aromatic rings. The van der Waals surface area contributed by atoms with E-state index in [1.807, 2.05) is 38.4 Å². The van der Waals surface area contributed by atoms with E-state index in [0.717, 1.165) is 76.9 Å². The molecule has 6 bridgehead atoms. The summed E-state index contributed by atoms with van der Waals surface area (Å²) in [4.78, 5) is 71.6. The number of hydrogen-bond donors (Lipinski definition) is 2. The molecule has 3 aliphatic rings. The first-order chi connectivity index (χ1) is 31.0. The summed E-state index contributed by atoms with van der Waals surface area (Å²) in [6.45, 7) is 15.3. The quantitative estimate of drug-likeness (QED) is 0.163. The van der Waals surface area contributed by atoms with Gasteiger partial charge in [0.05, 0.1) is 41.4 Å². The normalized spacial score (nSPS) is 22.7. The molecule has 0 aliphatic carbocycles. The van der Waals surface area contributed by atoms with Crippen LogP contribution in [-0.4, -0.2) is 143 Å². The topological polar surface area (TPSA) is 154 Å². The van der Waals surface area contributed by atoms with Crippen LogP contribution in [0.3, 0.4) is 0 Å². The molecule has 4 amide bonds.